The molecule has 9 nitrogen and oxygen atoms in total. The monoisotopic (exact) mass is 467 g/mol. The van der Waals surface area contributed by atoms with E-state index >= 15 is 0 Å². The maximum Gasteiger partial charge on any atom is 0.335 e. The Labute approximate surface area is 200 Å². The lowest BCUT2D eigenvalue weighted by Gasteiger charge is -2.36. The lowest BCUT2D eigenvalue weighted by Crippen LogP contribution is -2.52. The fourth-order valence-electron chi connectivity index (χ4n) is 3.66. The standard InChI is InChI=1S/C25H33N5O4/c1-3-10-26-23(31)18-29-11-13-30(14-12-29)25(27-17-19-6-4-9-22(15-19)34-2)28-21-8-5-7-20(16-21)24(32)33/h4-9,15-16H,3,10-14,17-18H2,1-2H3,(H,26,31)(H,27,28)(H,32,33). The van der Waals surface area contributed by atoms with Crippen molar-refractivity contribution in [1.29, 1.82) is 0 Å². The molecule has 2 aromatic rings. The second-order valence-electron chi connectivity index (χ2n) is 8.12. The average Bonchev–Trinajstić information content (AvgIpc) is 2.86. The summed E-state index contributed by atoms with van der Waals surface area (Å²) >= 11 is 0. The molecule has 0 atom stereocenters. The zero-order valence-corrected chi connectivity index (χ0v) is 19.8. The minimum Gasteiger partial charge on any atom is -0.497 e. The zero-order chi connectivity index (χ0) is 24.3. The second kappa shape index (κ2) is 12.6. The van der Waals surface area contributed by atoms with Gasteiger partial charge in [0.15, 0.2) is 5.96 Å². The lowest BCUT2D eigenvalue weighted by atomic mass is 10.2. The Morgan fingerprint density at radius 2 is 1.85 bits per heavy atom. The summed E-state index contributed by atoms with van der Waals surface area (Å²) in [5, 5.41) is 15.6. The van der Waals surface area contributed by atoms with E-state index in [1.165, 1.54) is 0 Å². The first-order chi connectivity index (χ1) is 16.5. The highest BCUT2D eigenvalue weighted by Crippen LogP contribution is 2.16. The Morgan fingerprint density at radius 1 is 1.09 bits per heavy atom. The van der Waals surface area contributed by atoms with Crippen LogP contribution in [0.4, 0.5) is 5.69 Å². The molecule has 9 heteroatoms. The van der Waals surface area contributed by atoms with Crippen molar-refractivity contribution in [2.24, 2.45) is 4.99 Å². The number of nitrogens with zero attached hydrogens (tertiary/aromatic N) is 3. The van der Waals surface area contributed by atoms with E-state index in [-0.39, 0.29) is 11.5 Å². The van der Waals surface area contributed by atoms with Crippen molar-refractivity contribution in [3.8, 4) is 5.75 Å². The number of methoxy groups -OCH3 is 1. The van der Waals surface area contributed by atoms with Crippen molar-refractivity contribution in [1.82, 2.24) is 15.1 Å². The molecule has 3 rings (SSSR count). The summed E-state index contributed by atoms with van der Waals surface area (Å²) in [7, 11) is 1.63. The number of aromatic carboxylic acids is 1. The molecule has 1 heterocycles. The minimum absolute atomic E-state index is 0.0471. The lowest BCUT2D eigenvalue weighted by molar-refractivity contribution is -0.122. The number of carbonyl (C=O) groups excluding carboxylic acids is 1. The SMILES string of the molecule is CCCNC(=O)CN1CCN(C(=NCc2cccc(OC)c2)Nc2cccc(C(=O)O)c2)CC1. The maximum atomic E-state index is 12.1. The highest BCUT2D eigenvalue weighted by molar-refractivity contribution is 5.96. The number of hydrogen-bond donors (Lipinski definition) is 3. The molecule has 34 heavy (non-hydrogen) atoms. The number of anilines is 1. The van der Waals surface area contributed by atoms with Crippen LogP contribution in [0.1, 0.15) is 29.3 Å². The summed E-state index contributed by atoms with van der Waals surface area (Å²) in [5.41, 5.74) is 1.87. The molecule has 0 saturated carbocycles. The van der Waals surface area contributed by atoms with Gasteiger partial charge < -0.3 is 25.4 Å². The van der Waals surface area contributed by atoms with Gasteiger partial charge in [-0.2, -0.15) is 0 Å². The summed E-state index contributed by atoms with van der Waals surface area (Å²) in [4.78, 5) is 32.5. The van der Waals surface area contributed by atoms with Gasteiger partial charge in [-0.15, -0.1) is 0 Å². The van der Waals surface area contributed by atoms with Crippen molar-refractivity contribution in [3.05, 3.63) is 59.7 Å². The van der Waals surface area contributed by atoms with Crippen LogP contribution in [0.2, 0.25) is 0 Å². The molecule has 1 amide bonds. The number of carbonyl (C=O) groups is 2. The number of benzene rings is 2. The van der Waals surface area contributed by atoms with Crippen molar-refractivity contribution in [2.75, 3.05) is 51.7 Å². The van der Waals surface area contributed by atoms with Crippen LogP contribution in [-0.2, 0) is 11.3 Å². The fraction of sp³-hybridized carbons (Fsp3) is 0.400. The van der Waals surface area contributed by atoms with E-state index in [1.54, 1.807) is 25.3 Å². The number of guanidine groups is 1. The summed E-state index contributed by atoms with van der Waals surface area (Å²) in [5.74, 6) is 0.506. The molecule has 0 spiro atoms. The van der Waals surface area contributed by atoms with Crippen LogP contribution in [0, 0.1) is 0 Å². The predicted molar refractivity (Wildman–Crippen MR) is 132 cm³/mol. The van der Waals surface area contributed by atoms with Crippen LogP contribution < -0.4 is 15.4 Å². The number of amides is 1. The van der Waals surface area contributed by atoms with Gasteiger partial charge >= 0.3 is 5.97 Å². The fourth-order valence-corrected chi connectivity index (χ4v) is 3.66. The number of carboxylic acids is 1. The summed E-state index contributed by atoms with van der Waals surface area (Å²) in [6.07, 6.45) is 0.918. The van der Waals surface area contributed by atoms with Crippen molar-refractivity contribution in [2.45, 2.75) is 19.9 Å². The maximum absolute atomic E-state index is 12.1. The molecular formula is C25H33N5O4. The Hall–Kier alpha value is -3.59. The predicted octanol–water partition coefficient (Wildman–Crippen LogP) is 2.51. The van der Waals surface area contributed by atoms with Gasteiger partial charge in [0.25, 0.3) is 0 Å². The van der Waals surface area contributed by atoms with Crippen LogP contribution >= 0.6 is 0 Å². The molecule has 0 bridgehead atoms. The topological polar surface area (TPSA) is 107 Å². The van der Waals surface area contributed by atoms with Gasteiger partial charge in [0.05, 0.1) is 25.8 Å². The van der Waals surface area contributed by atoms with Gasteiger partial charge in [-0.1, -0.05) is 25.1 Å². The number of hydrogen-bond acceptors (Lipinski definition) is 5. The van der Waals surface area contributed by atoms with E-state index in [2.05, 4.69) is 20.4 Å². The molecule has 0 unspecified atom stereocenters. The molecule has 182 valence electrons. The molecule has 1 aliphatic rings. The molecule has 1 saturated heterocycles. The smallest absolute Gasteiger partial charge is 0.335 e. The molecule has 2 aromatic carbocycles. The normalized spacial score (nSPS) is 14.5. The number of aliphatic imine (C=N–C) groups is 1. The van der Waals surface area contributed by atoms with Crippen molar-refractivity contribution < 1.29 is 19.4 Å². The van der Waals surface area contributed by atoms with Gasteiger partial charge in [-0.05, 0) is 42.3 Å². The molecule has 3 N–H and O–H groups in total. The first-order valence-corrected chi connectivity index (χ1v) is 11.5. The highest BCUT2D eigenvalue weighted by Gasteiger charge is 2.21. The summed E-state index contributed by atoms with van der Waals surface area (Å²) in [6, 6.07) is 14.4. The molecule has 0 aromatic heterocycles. The van der Waals surface area contributed by atoms with Gasteiger partial charge in [0, 0.05) is 38.4 Å². The average molecular weight is 468 g/mol. The van der Waals surface area contributed by atoms with Crippen LogP contribution in [0.25, 0.3) is 0 Å². The van der Waals surface area contributed by atoms with E-state index < -0.39 is 5.97 Å². The van der Waals surface area contributed by atoms with Gasteiger partial charge in [0.2, 0.25) is 5.91 Å². The van der Waals surface area contributed by atoms with Crippen molar-refractivity contribution in [3.63, 3.8) is 0 Å². The number of ether oxygens (including phenoxy) is 1. The Bertz CT molecular complexity index is 1000. The van der Waals surface area contributed by atoms with E-state index in [9.17, 15) is 14.7 Å². The first-order valence-electron chi connectivity index (χ1n) is 11.5. The number of rotatable bonds is 9. The number of carboxylic acid groups (broad SMARTS) is 1. The number of piperazine rings is 1. The third kappa shape index (κ3) is 7.48. The van der Waals surface area contributed by atoms with Crippen LogP contribution in [0.5, 0.6) is 5.75 Å². The van der Waals surface area contributed by atoms with Crippen LogP contribution in [0.3, 0.4) is 0 Å². The van der Waals surface area contributed by atoms with Crippen LogP contribution in [0.15, 0.2) is 53.5 Å². The van der Waals surface area contributed by atoms with Crippen molar-refractivity contribution >= 4 is 23.5 Å². The highest BCUT2D eigenvalue weighted by atomic mass is 16.5. The largest absolute Gasteiger partial charge is 0.497 e. The third-order valence-electron chi connectivity index (χ3n) is 5.52. The van der Waals surface area contributed by atoms with E-state index in [4.69, 9.17) is 9.73 Å². The molecule has 0 radical (unpaired) electrons. The van der Waals surface area contributed by atoms with Gasteiger partial charge in [-0.3, -0.25) is 9.69 Å². The van der Waals surface area contributed by atoms with E-state index in [1.807, 2.05) is 37.3 Å². The molecular weight excluding hydrogens is 434 g/mol. The van der Waals surface area contributed by atoms with Gasteiger partial charge in [0.1, 0.15) is 5.75 Å². The van der Waals surface area contributed by atoms with Crippen LogP contribution in [-0.4, -0.2) is 79.1 Å². The van der Waals surface area contributed by atoms with E-state index in [0.29, 0.717) is 44.4 Å². The molecule has 1 fully saturated rings. The first kappa shape index (κ1) is 25.0. The Morgan fingerprint density at radius 3 is 2.56 bits per heavy atom. The molecule has 1 aliphatic heterocycles. The quantitative estimate of drug-likeness (QED) is 0.384. The Kier molecular flexibility index (Phi) is 9.28. The van der Waals surface area contributed by atoms with E-state index in [0.717, 1.165) is 30.8 Å². The zero-order valence-electron chi connectivity index (χ0n) is 19.8. The Balaban J connectivity index is 1.72. The van der Waals surface area contributed by atoms with Gasteiger partial charge in [-0.25, -0.2) is 9.79 Å². The minimum atomic E-state index is -0.978. The number of nitrogens with one attached hydrogen (secondary N) is 2. The summed E-state index contributed by atoms with van der Waals surface area (Å²) < 4.78 is 5.31. The molecule has 0 aliphatic carbocycles. The summed E-state index contributed by atoms with van der Waals surface area (Å²) in [6.45, 7) is 6.41. The second-order valence-corrected chi connectivity index (χ2v) is 8.12. The third-order valence-corrected chi connectivity index (χ3v) is 5.52.